The molecule has 0 heterocycles. The molecule has 4 nitrogen and oxygen atoms in total. The van der Waals surface area contributed by atoms with Gasteiger partial charge < -0.3 is 10.1 Å². The predicted molar refractivity (Wildman–Crippen MR) is 84.6 cm³/mol. The Morgan fingerprint density at radius 3 is 2.57 bits per heavy atom. The van der Waals surface area contributed by atoms with Gasteiger partial charge in [-0.15, -0.1) is 0 Å². The molecule has 0 aliphatic heterocycles. The highest BCUT2D eigenvalue weighted by Gasteiger charge is 2.12. The van der Waals surface area contributed by atoms with Gasteiger partial charge >= 0.3 is 5.97 Å². The van der Waals surface area contributed by atoms with Crippen LogP contribution in [0.1, 0.15) is 26.3 Å². The Morgan fingerprint density at radius 1 is 1.14 bits per heavy atom. The summed E-state index contributed by atoms with van der Waals surface area (Å²) in [5, 5.41) is 2.76. The molecule has 0 spiro atoms. The van der Waals surface area contributed by atoms with Gasteiger partial charge in [0.2, 0.25) is 0 Å². The van der Waals surface area contributed by atoms with Crippen molar-refractivity contribution in [3.63, 3.8) is 0 Å². The second-order valence-electron chi connectivity index (χ2n) is 4.51. The van der Waals surface area contributed by atoms with Crippen LogP contribution >= 0.6 is 15.9 Å². The quantitative estimate of drug-likeness (QED) is 0.859. The number of methoxy groups -OCH3 is 1. The molecule has 108 valence electrons. The minimum Gasteiger partial charge on any atom is -0.465 e. The first kappa shape index (κ1) is 15.3. The molecule has 1 N–H and O–H groups in total. The second-order valence-corrected chi connectivity index (χ2v) is 5.36. The number of carbonyl (C=O) groups is 2. The zero-order chi connectivity index (χ0) is 15.4. The van der Waals surface area contributed by atoms with Crippen molar-refractivity contribution in [1.82, 2.24) is 0 Å². The zero-order valence-corrected chi connectivity index (χ0v) is 13.2. The fourth-order valence-electron chi connectivity index (χ4n) is 1.84. The van der Waals surface area contributed by atoms with E-state index in [0.717, 1.165) is 10.0 Å². The maximum absolute atomic E-state index is 12.2. The first-order chi connectivity index (χ1) is 10.0. The van der Waals surface area contributed by atoms with Crippen LogP contribution in [0.3, 0.4) is 0 Å². The van der Waals surface area contributed by atoms with Gasteiger partial charge in [-0.25, -0.2) is 4.79 Å². The lowest BCUT2D eigenvalue weighted by Gasteiger charge is -2.08. The van der Waals surface area contributed by atoms with E-state index in [1.54, 1.807) is 30.3 Å². The largest absolute Gasteiger partial charge is 0.465 e. The van der Waals surface area contributed by atoms with Crippen LogP contribution in [0.5, 0.6) is 0 Å². The summed E-state index contributed by atoms with van der Waals surface area (Å²) in [7, 11) is 1.32. The first-order valence-electron chi connectivity index (χ1n) is 6.27. The first-order valence-corrected chi connectivity index (χ1v) is 7.06. The molecule has 0 radical (unpaired) electrons. The van der Waals surface area contributed by atoms with Gasteiger partial charge in [0.05, 0.1) is 18.2 Å². The fraction of sp³-hybridized carbons (Fsp3) is 0.125. The second kappa shape index (κ2) is 6.54. The number of amides is 1. The van der Waals surface area contributed by atoms with Gasteiger partial charge in [0.1, 0.15) is 0 Å². The van der Waals surface area contributed by atoms with Crippen molar-refractivity contribution in [2.45, 2.75) is 6.92 Å². The summed E-state index contributed by atoms with van der Waals surface area (Å²) in [6.45, 7) is 1.95. The van der Waals surface area contributed by atoms with E-state index in [0.29, 0.717) is 16.8 Å². The van der Waals surface area contributed by atoms with Crippen molar-refractivity contribution in [1.29, 1.82) is 0 Å². The van der Waals surface area contributed by atoms with Crippen LogP contribution in [0.4, 0.5) is 5.69 Å². The van der Waals surface area contributed by atoms with E-state index in [2.05, 4.69) is 26.0 Å². The normalized spacial score (nSPS) is 10.0. The molecule has 0 atom stereocenters. The molecular weight excluding hydrogens is 334 g/mol. The molecule has 0 aliphatic rings. The van der Waals surface area contributed by atoms with Crippen LogP contribution in [0, 0.1) is 6.92 Å². The van der Waals surface area contributed by atoms with E-state index in [4.69, 9.17) is 0 Å². The minimum atomic E-state index is -0.442. The lowest BCUT2D eigenvalue weighted by Crippen LogP contribution is -2.13. The van der Waals surface area contributed by atoms with Crippen LogP contribution in [-0.2, 0) is 4.74 Å². The number of aryl methyl sites for hydroxylation is 1. The Hall–Kier alpha value is -2.14. The van der Waals surface area contributed by atoms with Crippen molar-refractivity contribution in [2.24, 2.45) is 0 Å². The molecule has 21 heavy (non-hydrogen) atoms. The van der Waals surface area contributed by atoms with E-state index in [-0.39, 0.29) is 5.91 Å². The molecule has 0 unspecified atom stereocenters. The molecule has 0 aliphatic carbocycles. The maximum Gasteiger partial charge on any atom is 0.337 e. The molecule has 2 aromatic carbocycles. The SMILES string of the molecule is COC(=O)c1cccc(NC(=O)c2ccc(C)cc2Br)c1. The third-order valence-electron chi connectivity index (χ3n) is 2.91. The molecule has 0 fully saturated rings. The number of hydrogen-bond acceptors (Lipinski definition) is 3. The lowest BCUT2D eigenvalue weighted by molar-refractivity contribution is 0.0600. The molecule has 0 saturated carbocycles. The van der Waals surface area contributed by atoms with Crippen molar-refractivity contribution in [3.8, 4) is 0 Å². The number of ether oxygens (including phenoxy) is 1. The van der Waals surface area contributed by atoms with Crippen LogP contribution < -0.4 is 5.32 Å². The topological polar surface area (TPSA) is 55.4 Å². The summed E-state index contributed by atoms with van der Waals surface area (Å²) >= 11 is 3.38. The highest BCUT2D eigenvalue weighted by atomic mass is 79.9. The zero-order valence-electron chi connectivity index (χ0n) is 11.6. The summed E-state index contributed by atoms with van der Waals surface area (Å²) in [6, 6.07) is 12.1. The van der Waals surface area contributed by atoms with Crippen LogP contribution in [0.15, 0.2) is 46.9 Å². The number of rotatable bonds is 3. The number of halogens is 1. The third kappa shape index (κ3) is 3.70. The Labute approximate surface area is 131 Å². The maximum atomic E-state index is 12.2. The van der Waals surface area contributed by atoms with Crippen LogP contribution in [0.2, 0.25) is 0 Å². The number of benzene rings is 2. The summed E-state index contributed by atoms with van der Waals surface area (Å²) in [5.74, 6) is -0.688. The molecular formula is C16H14BrNO3. The van der Waals surface area contributed by atoms with E-state index < -0.39 is 5.97 Å². The van der Waals surface area contributed by atoms with Crippen molar-refractivity contribution in [2.75, 3.05) is 12.4 Å². The van der Waals surface area contributed by atoms with Gasteiger partial charge in [-0.1, -0.05) is 12.1 Å². The lowest BCUT2D eigenvalue weighted by atomic mass is 10.1. The molecule has 0 aromatic heterocycles. The van der Waals surface area contributed by atoms with Crippen molar-refractivity contribution < 1.29 is 14.3 Å². The Morgan fingerprint density at radius 2 is 1.90 bits per heavy atom. The Bertz CT molecular complexity index is 698. The molecule has 5 heteroatoms. The molecule has 1 amide bonds. The molecule has 0 bridgehead atoms. The van der Waals surface area contributed by atoms with E-state index in [1.165, 1.54) is 7.11 Å². The standard InChI is InChI=1S/C16H14BrNO3/c1-10-6-7-13(14(17)8-10)15(19)18-12-5-3-4-11(9-12)16(20)21-2/h3-9H,1-2H3,(H,18,19). The van der Waals surface area contributed by atoms with Crippen molar-refractivity contribution >= 4 is 33.5 Å². The van der Waals surface area contributed by atoms with Gasteiger partial charge in [-0.05, 0) is 58.7 Å². The number of nitrogens with one attached hydrogen (secondary N) is 1. The smallest absolute Gasteiger partial charge is 0.337 e. The molecule has 2 aromatic rings. The number of anilines is 1. The molecule has 2 rings (SSSR count). The van der Waals surface area contributed by atoms with Crippen LogP contribution in [0.25, 0.3) is 0 Å². The number of carbonyl (C=O) groups excluding carboxylic acids is 2. The summed E-state index contributed by atoms with van der Waals surface area (Å²) in [6.07, 6.45) is 0. The summed E-state index contributed by atoms with van der Waals surface area (Å²) in [5.41, 5.74) is 2.52. The van der Waals surface area contributed by atoms with Gasteiger partial charge in [-0.2, -0.15) is 0 Å². The van der Waals surface area contributed by atoms with Gasteiger partial charge in [0, 0.05) is 10.2 Å². The summed E-state index contributed by atoms with van der Waals surface area (Å²) < 4.78 is 5.38. The van der Waals surface area contributed by atoms with Crippen LogP contribution in [-0.4, -0.2) is 19.0 Å². The van der Waals surface area contributed by atoms with E-state index >= 15 is 0 Å². The Balaban J connectivity index is 2.21. The predicted octanol–water partition coefficient (Wildman–Crippen LogP) is 3.80. The summed E-state index contributed by atoms with van der Waals surface area (Å²) in [4.78, 5) is 23.7. The average molecular weight is 348 g/mol. The molecule has 0 saturated heterocycles. The fourth-order valence-corrected chi connectivity index (χ4v) is 2.52. The van der Waals surface area contributed by atoms with Crippen molar-refractivity contribution in [3.05, 3.63) is 63.6 Å². The minimum absolute atomic E-state index is 0.246. The van der Waals surface area contributed by atoms with Gasteiger partial charge in [-0.3, -0.25) is 4.79 Å². The number of esters is 1. The highest BCUT2D eigenvalue weighted by Crippen LogP contribution is 2.20. The van der Waals surface area contributed by atoms with E-state index in [1.807, 2.05) is 19.1 Å². The van der Waals surface area contributed by atoms with Gasteiger partial charge in [0.25, 0.3) is 5.91 Å². The Kier molecular flexibility index (Phi) is 4.75. The van der Waals surface area contributed by atoms with Gasteiger partial charge in [0.15, 0.2) is 0 Å². The third-order valence-corrected chi connectivity index (χ3v) is 3.57. The highest BCUT2D eigenvalue weighted by molar-refractivity contribution is 9.10. The van der Waals surface area contributed by atoms with E-state index in [9.17, 15) is 9.59 Å². The monoisotopic (exact) mass is 347 g/mol. The average Bonchev–Trinajstić information content (AvgIpc) is 2.46. The number of hydrogen-bond donors (Lipinski definition) is 1.